The van der Waals surface area contributed by atoms with Gasteiger partial charge in [-0.15, -0.1) is 0 Å². The highest BCUT2D eigenvalue weighted by atomic mass is 16.5. The molecule has 3 fully saturated rings. The van der Waals surface area contributed by atoms with Crippen molar-refractivity contribution in [2.24, 2.45) is 5.41 Å². The lowest BCUT2D eigenvalue weighted by atomic mass is 9.68. The van der Waals surface area contributed by atoms with E-state index in [2.05, 4.69) is 47.1 Å². The number of piperidine rings is 2. The molecule has 4 rings (SSSR count). The quantitative estimate of drug-likeness (QED) is 0.798. The third-order valence-corrected chi connectivity index (χ3v) is 7.07. The predicted octanol–water partition coefficient (Wildman–Crippen LogP) is 2.44. The van der Waals surface area contributed by atoms with Gasteiger partial charge >= 0.3 is 0 Å². The van der Waals surface area contributed by atoms with E-state index < -0.39 is 0 Å². The van der Waals surface area contributed by atoms with E-state index in [4.69, 9.17) is 4.74 Å². The molecule has 3 heterocycles. The van der Waals surface area contributed by atoms with Gasteiger partial charge < -0.3 is 14.5 Å². The zero-order valence-electron chi connectivity index (χ0n) is 17.3. The van der Waals surface area contributed by atoms with Gasteiger partial charge in [0.2, 0.25) is 5.91 Å². The Morgan fingerprint density at radius 2 is 1.79 bits per heavy atom. The number of likely N-dealkylation sites (tertiary alicyclic amines) is 2. The Morgan fingerprint density at radius 3 is 2.46 bits per heavy atom. The summed E-state index contributed by atoms with van der Waals surface area (Å²) in [5, 5.41) is 0. The molecular weight excluding hydrogens is 350 g/mol. The number of morpholine rings is 1. The fraction of sp³-hybridized carbons (Fsp3) is 0.696. The Hall–Kier alpha value is -1.43. The molecular formula is C23H35N3O2. The van der Waals surface area contributed by atoms with E-state index in [1.165, 1.54) is 37.9 Å². The maximum atomic E-state index is 12.6. The Labute approximate surface area is 169 Å². The summed E-state index contributed by atoms with van der Waals surface area (Å²) in [7, 11) is 0. The molecule has 3 saturated heterocycles. The largest absolute Gasteiger partial charge is 0.378 e. The summed E-state index contributed by atoms with van der Waals surface area (Å²) < 4.78 is 5.37. The van der Waals surface area contributed by atoms with Crippen LogP contribution < -0.4 is 0 Å². The van der Waals surface area contributed by atoms with Gasteiger partial charge in [0.1, 0.15) is 0 Å². The standard InChI is InChI=1S/C23H35N3O2/c1-2-24-17-21(20-6-4-3-5-7-20)16-23(19-24)8-10-25(11-9-23)18-22(27)26-12-14-28-15-13-26/h3-7,21H,2,8-19H2,1H3. The molecule has 28 heavy (non-hydrogen) atoms. The lowest BCUT2D eigenvalue weighted by Gasteiger charge is -2.50. The maximum Gasteiger partial charge on any atom is 0.236 e. The van der Waals surface area contributed by atoms with Crippen LogP contribution in [0.1, 0.15) is 37.7 Å². The number of carbonyl (C=O) groups excluding carboxylic acids is 1. The van der Waals surface area contributed by atoms with Gasteiger partial charge in [0.25, 0.3) is 0 Å². The molecule has 1 spiro atoms. The average Bonchev–Trinajstić information content (AvgIpc) is 2.76. The summed E-state index contributed by atoms with van der Waals surface area (Å²) in [6, 6.07) is 11.1. The molecule has 154 valence electrons. The molecule has 1 atom stereocenters. The van der Waals surface area contributed by atoms with E-state index in [9.17, 15) is 4.79 Å². The molecule has 1 aromatic rings. The molecule has 0 saturated carbocycles. The van der Waals surface area contributed by atoms with Crippen LogP contribution in [0.5, 0.6) is 0 Å². The van der Waals surface area contributed by atoms with Crippen molar-refractivity contribution in [1.29, 1.82) is 0 Å². The van der Waals surface area contributed by atoms with Crippen molar-refractivity contribution in [3.8, 4) is 0 Å². The second kappa shape index (κ2) is 8.93. The number of benzene rings is 1. The van der Waals surface area contributed by atoms with Crippen LogP contribution in [0.25, 0.3) is 0 Å². The van der Waals surface area contributed by atoms with Gasteiger partial charge in [-0.05, 0) is 55.8 Å². The van der Waals surface area contributed by atoms with Crippen molar-refractivity contribution in [3.63, 3.8) is 0 Å². The van der Waals surface area contributed by atoms with Gasteiger partial charge in [-0.1, -0.05) is 37.3 Å². The molecule has 5 heteroatoms. The van der Waals surface area contributed by atoms with Gasteiger partial charge in [-0.2, -0.15) is 0 Å². The molecule has 0 aromatic heterocycles. The van der Waals surface area contributed by atoms with Crippen LogP contribution >= 0.6 is 0 Å². The summed E-state index contributed by atoms with van der Waals surface area (Å²) in [5.41, 5.74) is 1.90. The lowest BCUT2D eigenvalue weighted by Crippen LogP contribution is -2.53. The average molecular weight is 386 g/mol. The van der Waals surface area contributed by atoms with Gasteiger partial charge in [0.05, 0.1) is 19.8 Å². The third kappa shape index (κ3) is 4.58. The molecule has 0 radical (unpaired) electrons. The number of nitrogens with zero attached hydrogens (tertiary/aromatic N) is 3. The first-order valence-electron chi connectivity index (χ1n) is 11.0. The lowest BCUT2D eigenvalue weighted by molar-refractivity contribution is -0.137. The second-order valence-corrected chi connectivity index (χ2v) is 8.91. The van der Waals surface area contributed by atoms with Crippen LogP contribution in [0.3, 0.4) is 0 Å². The van der Waals surface area contributed by atoms with Gasteiger partial charge in [-0.25, -0.2) is 0 Å². The normalized spacial score (nSPS) is 26.5. The van der Waals surface area contributed by atoms with Gasteiger partial charge in [0, 0.05) is 26.2 Å². The molecule has 1 unspecified atom stereocenters. The number of hydrogen-bond donors (Lipinski definition) is 0. The van der Waals surface area contributed by atoms with Gasteiger partial charge in [0.15, 0.2) is 0 Å². The SMILES string of the molecule is CCN1CC(c2ccccc2)CC2(CCN(CC(=O)N3CCOCC3)CC2)C1. The zero-order chi connectivity index (χ0) is 19.4. The van der Waals surface area contributed by atoms with Crippen molar-refractivity contribution in [2.45, 2.75) is 32.1 Å². The molecule has 1 amide bonds. The van der Waals surface area contributed by atoms with Crippen molar-refractivity contribution in [1.82, 2.24) is 14.7 Å². The minimum absolute atomic E-state index is 0.278. The number of rotatable bonds is 4. The third-order valence-electron chi connectivity index (χ3n) is 7.07. The highest BCUT2D eigenvalue weighted by Crippen LogP contribution is 2.44. The first-order valence-corrected chi connectivity index (χ1v) is 11.0. The monoisotopic (exact) mass is 385 g/mol. The van der Waals surface area contributed by atoms with Crippen LogP contribution in [0, 0.1) is 5.41 Å². The van der Waals surface area contributed by atoms with Crippen LogP contribution in [0.2, 0.25) is 0 Å². The van der Waals surface area contributed by atoms with E-state index in [0.717, 1.165) is 32.7 Å². The van der Waals surface area contributed by atoms with Crippen LogP contribution in [0.15, 0.2) is 30.3 Å². The highest BCUT2D eigenvalue weighted by molar-refractivity contribution is 5.78. The topological polar surface area (TPSA) is 36.0 Å². The zero-order valence-corrected chi connectivity index (χ0v) is 17.3. The predicted molar refractivity (Wildman–Crippen MR) is 111 cm³/mol. The summed E-state index contributed by atoms with van der Waals surface area (Å²) in [4.78, 5) is 19.6. The van der Waals surface area contributed by atoms with Crippen molar-refractivity contribution in [3.05, 3.63) is 35.9 Å². The minimum Gasteiger partial charge on any atom is -0.378 e. The Morgan fingerprint density at radius 1 is 1.07 bits per heavy atom. The molecule has 3 aliphatic rings. The maximum absolute atomic E-state index is 12.6. The van der Waals surface area contributed by atoms with E-state index in [-0.39, 0.29) is 5.91 Å². The number of amides is 1. The fourth-order valence-electron chi connectivity index (χ4n) is 5.34. The second-order valence-electron chi connectivity index (χ2n) is 8.91. The van der Waals surface area contributed by atoms with E-state index in [1.54, 1.807) is 0 Å². The van der Waals surface area contributed by atoms with Gasteiger partial charge in [-0.3, -0.25) is 9.69 Å². The molecule has 1 aromatic carbocycles. The summed E-state index contributed by atoms with van der Waals surface area (Å²) in [6.45, 7) is 11.4. The summed E-state index contributed by atoms with van der Waals surface area (Å²) in [6.07, 6.45) is 3.71. The Balaban J connectivity index is 1.35. The van der Waals surface area contributed by atoms with Crippen LogP contribution in [-0.2, 0) is 9.53 Å². The van der Waals surface area contributed by atoms with E-state index in [1.807, 2.05) is 4.90 Å². The van der Waals surface area contributed by atoms with E-state index in [0.29, 0.717) is 31.1 Å². The molecule has 0 bridgehead atoms. The van der Waals surface area contributed by atoms with Crippen molar-refractivity contribution >= 4 is 5.91 Å². The number of carbonyl (C=O) groups is 1. The fourth-order valence-corrected chi connectivity index (χ4v) is 5.34. The first-order chi connectivity index (χ1) is 13.7. The van der Waals surface area contributed by atoms with Crippen molar-refractivity contribution < 1.29 is 9.53 Å². The minimum atomic E-state index is 0.278. The first kappa shape index (κ1) is 19.9. The highest BCUT2D eigenvalue weighted by Gasteiger charge is 2.42. The molecule has 5 nitrogen and oxygen atoms in total. The van der Waals surface area contributed by atoms with Crippen LogP contribution in [0.4, 0.5) is 0 Å². The smallest absolute Gasteiger partial charge is 0.236 e. The number of ether oxygens (including phenoxy) is 1. The molecule has 3 aliphatic heterocycles. The Bertz CT molecular complexity index is 637. The summed E-state index contributed by atoms with van der Waals surface area (Å²) in [5.74, 6) is 0.914. The van der Waals surface area contributed by atoms with Crippen molar-refractivity contribution in [2.75, 3.05) is 65.6 Å². The molecule has 0 N–H and O–H groups in total. The number of likely N-dealkylation sites (N-methyl/N-ethyl adjacent to an activating group) is 1. The number of hydrogen-bond acceptors (Lipinski definition) is 4. The molecule has 0 aliphatic carbocycles. The van der Waals surface area contributed by atoms with Crippen LogP contribution in [-0.4, -0.2) is 86.2 Å². The van der Waals surface area contributed by atoms with E-state index >= 15 is 0 Å². The Kier molecular flexibility index (Phi) is 6.34. The summed E-state index contributed by atoms with van der Waals surface area (Å²) >= 11 is 0.